The van der Waals surface area contributed by atoms with Crippen molar-refractivity contribution in [1.29, 1.82) is 0 Å². The zero-order chi connectivity index (χ0) is 11.1. The van der Waals surface area contributed by atoms with E-state index in [1.807, 2.05) is 13.8 Å². The molecule has 1 amide bonds. The predicted octanol–water partition coefficient (Wildman–Crippen LogP) is 1.51. The van der Waals surface area contributed by atoms with E-state index in [2.05, 4.69) is 4.90 Å². The number of carbonyl (C=O) groups is 1. The van der Waals surface area contributed by atoms with Gasteiger partial charge in [-0.25, -0.2) is 0 Å². The Morgan fingerprint density at radius 1 is 1.33 bits per heavy atom. The molecule has 86 valence electrons. The summed E-state index contributed by atoms with van der Waals surface area (Å²) >= 11 is 0. The third-order valence-electron chi connectivity index (χ3n) is 3.07. The van der Waals surface area contributed by atoms with Gasteiger partial charge in [-0.05, 0) is 45.4 Å². The second-order valence-electron chi connectivity index (χ2n) is 5.89. The number of nitrogens with two attached hydrogens (primary N) is 1. The van der Waals surface area contributed by atoms with Gasteiger partial charge in [-0.15, -0.1) is 0 Å². The van der Waals surface area contributed by atoms with Crippen molar-refractivity contribution in [3.8, 4) is 0 Å². The van der Waals surface area contributed by atoms with E-state index in [-0.39, 0.29) is 11.4 Å². The largest absolute Gasteiger partial charge is 0.339 e. The number of amides is 1. The first-order valence-corrected chi connectivity index (χ1v) is 6.04. The minimum atomic E-state index is -0.367. The maximum atomic E-state index is 12.0. The molecule has 2 rings (SSSR count). The Bertz CT molecular complexity index is 249. The molecule has 0 spiro atoms. The van der Waals surface area contributed by atoms with Gasteiger partial charge >= 0.3 is 0 Å². The van der Waals surface area contributed by atoms with Gasteiger partial charge in [0.05, 0.1) is 0 Å². The summed E-state index contributed by atoms with van der Waals surface area (Å²) in [6.07, 6.45) is 5.49. The molecule has 15 heavy (non-hydrogen) atoms. The van der Waals surface area contributed by atoms with Crippen molar-refractivity contribution in [2.75, 3.05) is 6.54 Å². The highest BCUT2D eigenvalue weighted by molar-refractivity contribution is 5.78. The quantitative estimate of drug-likeness (QED) is 0.747. The number of nitrogens with zero attached hydrogens (tertiary/aromatic N) is 1. The molecule has 3 nitrogen and oxygen atoms in total. The van der Waals surface area contributed by atoms with Crippen molar-refractivity contribution >= 4 is 5.91 Å². The van der Waals surface area contributed by atoms with Crippen molar-refractivity contribution < 1.29 is 4.79 Å². The van der Waals surface area contributed by atoms with Gasteiger partial charge < -0.3 is 10.6 Å². The van der Waals surface area contributed by atoms with Crippen LogP contribution in [-0.4, -0.2) is 28.9 Å². The van der Waals surface area contributed by atoms with Gasteiger partial charge in [0.15, 0.2) is 0 Å². The Hall–Kier alpha value is -0.570. The lowest BCUT2D eigenvalue weighted by Gasteiger charge is -2.26. The molecule has 2 saturated carbocycles. The maximum Gasteiger partial charge on any atom is 0.224 e. The van der Waals surface area contributed by atoms with Crippen LogP contribution in [0.3, 0.4) is 0 Å². The molecule has 0 aromatic carbocycles. The van der Waals surface area contributed by atoms with Gasteiger partial charge in [0.1, 0.15) is 0 Å². The molecule has 2 N–H and O–H groups in total. The Morgan fingerprint density at radius 2 is 1.93 bits per heavy atom. The smallest absolute Gasteiger partial charge is 0.224 e. The highest BCUT2D eigenvalue weighted by atomic mass is 16.2. The molecule has 0 aromatic rings. The maximum absolute atomic E-state index is 12.0. The third kappa shape index (κ3) is 3.49. The van der Waals surface area contributed by atoms with Crippen molar-refractivity contribution in [2.45, 2.75) is 57.5 Å². The number of rotatable bonds is 5. The second kappa shape index (κ2) is 3.78. The average Bonchev–Trinajstić information content (AvgIpc) is 2.92. The monoisotopic (exact) mass is 210 g/mol. The topological polar surface area (TPSA) is 46.3 Å². The van der Waals surface area contributed by atoms with Gasteiger partial charge in [-0.2, -0.15) is 0 Å². The van der Waals surface area contributed by atoms with Crippen LogP contribution in [0.15, 0.2) is 0 Å². The Kier molecular flexibility index (Phi) is 2.75. The molecule has 2 fully saturated rings. The van der Waals surface area contributed by atoms with E-state index in [4.69, 9.17) is 5.73 Å². The van der Waals surface area contributed by atoms with Crippen LogP contribution in [0.1, 0.15) is 46.0 Å². The summed E-state index contributed by atoms with van der Waals surface area (Å²) in [7, 11) is 0. The number of hydrogen-bond acceptors (Lipinski definition) is 2. The van der Waals surface area contributed by atoms with Crippen molar-refractivity contribution in [2.24, 2.45) is 11.7 Å². The van der Waals surface area contributed by atoms with E-state index in [1.54, 1.807) is 0 Å². The van der Waals surface area contributed by atoms with Gasteiger partial charge in [0.2, 0.25) is 5.91 Å². The zero-order valence-corrected chi connectivity index (χ0v) is 9.83. The number of hydrogen-bond donors (Lipinski definition) is 1. The first-order valence-electron chi connectivity index (χ1n) is 6.04. The molecule has 2 aliphatic carbocycles. The molecule has 2 aliphatic rings. The van der Waals surface area contributed by atoms with Crippen LogP contribution >= 0.6 is 0 Å². The highest BCUT2D eigenvalue weighted by Gasteiger charge is 2.37. The van der Waals surface area contributed by atoms with Gasteiger partial charge in [0, 0.05) is 24.5 Å². The van der Waals surface area contributed by atoms with Crippen LogP contribution in [0.5, 0.6) is 0 Å². The summed E-state index contributed by atoms with van der Waals surface area (Å²) in [6, 6.07) is 0.542. The fraction of sp³-hybridized carbons (Fsp3) is 0.917. The van der Waals surface area contributed by atoms with Crippen LogP contribution < -0.4 is 5.73 Å². The SMILES string of the molecule is CC(C)(N)CC(=O)N(CC1CC1)C1CC1. The standard InChI is InChI=1S/C12H22N2O/c1-12(2,13)7-11(15)14(10-5-6-10)8-9-3-4-9/h9-10H,3-8,13H2,1-2H3. The van der Waals surface area contributed by atoms with Crippen LogP contribution in [0.2, 0.25) is 0 Å². The Balaban J connectivity index is 1.88. The minimum absolute atomic E-state index is 0.261. The molecular formula is C12H22N2O. The van der Waals surface area contributed by atoms with Gasteiger partial charge in [-0.1, -0.05) is 0 Å². The Morgan fingerprint density at radius 3 is 2.33 bits per heavy atom. The van der Waals surface area contributed by atoms with Crippen LogP contribution in [0.4, 0.5) is 0 Å². The molecule has 0 saturated heterocycles. The molecule has 0 atom stereocenters. The van der Waals surface area contributed by atoms with Crippen molar-refractivity contribution in [3.05, 3.63) is 0 Å². The number of carbonyl (C=O) groups excluding carboxylic acids is 1. The molecule has 0 aliphatic heterocycles. The molecule has 0 unspecified atom stereocenters. The average molecular weight is 210 g/mol. The molecule has 3 heteroatoms. The highest BCUT2D eigenvalue weighted by Crippen LogP contribution is 2.35. The first kappa shape index (κ1) is 10.9. The molecular weight excluding hydrogens is 188 g/mol. The van der Waals surface area contributed by atoms with Crippen molar-refractivity contribution in [3.63, 3.8) is 0 Å². The lowest BCUT2D eigenvalue weighted by atomic mass is 10.0. The van der Waals surface area contributed by atoms with Crippen LogP contribution in [0.25, 0.3) is 0 Å². The fourth-order valence-corrected chi connectivity index (χ4v) is 1.91. The summed E-state index contributed by atoms with van der Waals surface area (Å²) in [4.78, 5) is 14.1. The Labute approximate surface area is 92.0 Å². The normalized spacial score (nSPS) is 21.5. The van der Waals surface area contributed by atoms with E-state index in [0.29, 0.717) is 12.5 Å². The van der Waals surface area contributed by atoms with Gasteiger partial charge in [-0.3, -0.25) is 4.79 Å². The molecule has 0 radical (unpaired) electrons. The summed E-state index contributed by atoms with van der Waals surface area (Å²) < 4.78 is 0. The van der Waals surface area contributed by atoms with E-state index in [0.717, 1.165) is 12.5 Å². The lowest BCUT2D eigenvalue weighted by molar-refractivity contribution is -0.133. The molecule has 0 heterocycles. The molecule has 0 bridgehead atoms. The summed E-state index contributed by atoms with van der Waals surface area (Å²) in [5, 5.41) is 0. The van der Waals surface area contributed by atoms with E-state index in [1.165, 1.54) is 25.7 Å². The van der Waals surface area contributed by atoms with E-state index >= 15 is 0 Å². The minimum Gasteiger partial charge on any atom is -0.339 e. The zero-order valence-electron chi connectivity index (χ0n) is 9.83. The summed E-state index contributed by atoms with van der Waals surface area (Å²) in [6.45, 7) is 4.83. The second-order valence-corrected chi connectivity index (χ2v) is 5.89. The predicted molar refractivity (Wildman–Crippen MR) is 60.3 cm³/mol. The molecule has 0 aromatic heterocycles. The lowest BCUT2D eigenvalue weighted by Crippen LogP contribution is -2.42. The van der Waals surface area contributed by atoms with E-state index < -0.39 is 0 Å². The van der Waals surface area contributed by atoms with Crippen LogP contribution in [0, 0.1) is 5.92 Å². The van der Waals surface area contributed by atoms with Gasteiger partial charge in [0.25, 0.3) is 0 Å². The fourth-order valence-electron chi connectivity index (χ4n) is 1.91. The summed E-state index contributed by atoms with van der Waals surface area (Å²) in [5.74, 6) is 1.05. The van der Waals surface area contributed by atoms with E-state index in [9.17, 15) is 4.79 Å². The third-order valence-corrected chi connectivity index (χ3v) is 3.07. The summed E-state index contributed by atoms with van der Waals surface area (Å²) in [5.41, 5.74) is 5.53. The van der Waals surface area contributed by atoms with Crippen molar-refractivity contribution in [1.82, 2.24) is 4.90 Å². The first-order chi connectivity index (χ1) is 6.96. The van der Waals surface area contributed by atoms with Crippen LogP contribution in [-0.2, 0) is 4.79 Å².